The third-order valence-electron chi connectivity index (χ3n) is 5.67. The lowest BCUT2D eigenvalue weighted by Crippen LogP contribution is -2.43. The van der Waals surface area contributed by atoms with Crippen LogP contribution in [-0.2, 0) is 4.74 Å². The Kier molecular flexibility index (Phi) is 6.36. The van der Waals surface area contributed by atoms with Gasteiger partial charge in [-0.2, -0.15) is 0 Å². The number of aliphatic hydroxyl groups is 1. The third-order valence-corrected chi connectivity index (χ3v) is 5.67. The fraction of sp³-hybridized carbons (Fsp3) is 0.545. The molecule has 0 saturated carbocycles. The molecular formula is C22H31N5O3. The van der Waals surface area contributed by atoms with Gasteiger partial charge in [0.05, 0.1) is 12.2 Å². The number of morpholine rings is 1. The number of hydrogen-bond donors (Lipinski definition) is 3. The van der Waals surface area contributed by atoms with Crippen molar-refractivity contribution >= 4 is 11.6 Å². The van der Waals surface area contributed by atoms with Crippen LogP contribution in [-0.4, -0.2) is 66.2 Å². The fourth-order valence-electron chi connectivity index (χ4n) is 4.03. The molecule has 162 valence electrons. The molecule has 2 aliphatic heterocycles. The minimum Gasteiger partial charge on any atom is -0.491 e. The van der Waals surface area contributed by atoms with Crippen LogP contribution in [0.2, 0.25) is 0 Å². The maximum absolute atomic E-state index is 9.98. The molecular weight excluding hydrogens is 382 g/mol. The van der Waals surface area contributed by atoms with Crippen molar-refractivity contribution in [1.29, 1.82) is 0 Å². The second-order valence-corrected chi connectivity index (χ2v) is 8.04. The zero-order valence-corrected chi connectivity index (χ0v) is 17.7. The van der Waals surface area contributed by atoms with E-state index in [2.05, 4.69) is 15.2 Å². The van der Waals surface area contributed by atoms with Crippen molar-refractivity contribution in [3.8, 4) is 17.1 Å². The number of nitrogen functional groups attached to an aromatic ring is 1. The van der Waals surface area contributed by atoms with Gasteiger partial charge in [0, 0.05) is 30.8 Å². The SMILES string of the molecule is CCNCC(O)COc1cccc(-c2nc(N)c(C)c(N3CC4CCC(C3)O4)n2)c1. The Labute approximate surface area is 177 Å². The molecule has 0 aliphatic carbocycles. The Morgan fingerprint density at radius 2 is 2.07 bits per heavy atom. The molecule has 8 heteroatoms. The summed E-state index contributed by atoms with van der Waals surface area (Å²) < 4.78 is 11.7. The van der Waals surface area contributed by atoms with E-state index in [0.717, 1.165) is 49.4 Å². The van der Waals surface area contributed by atoms with Gasteiger partial charge < -0.3 is 30.5 Å². The van der Waals surface area contributed by atoms with Crippen LogP contribution in [0.1, 0.15) is 25.3 Å². The van der Waals surface area contributed by atoms with Crippen molar-refractivity contribution < 1.29 is 14.6 Å². The van der Waals surface area contributed by atoms with Gasteiger partial charge in [0.25, 0.3) is 0 Å². The second-order valence-electron chi connectivity index (χ2n) is 8.04. The highest BCUT2D eigenvalue weighted by molar-refractivity contribution is 5.66. The molecule has 3 atom stereocenters. The molecule has 4 rings (SSSR count). The molecule has 3 heterocycles. The predicted molar refractivity (Wildman–Crippen MR) is 117 cm³/mol. The maximum atomic E-state index is 9.98. The molecule has 0 spiro atoms. The van der Waals surface area contributed by atoms with Crippen molar-refractivity contribution in [2.75, 3.05) is 43.4 Å². The van der Waals surface area contributed by atoms with E-state index in [9.17, 15) is 5.11 Å². The summed E-state index contributed by atoms with van der Waals surface area (Å²) >= 11 is 0. The van der Waals surface area contributed by atoms with Gasteiger partial charge in [-0.05, 0) is 38.4 Å². The summed E-state index contributed by atoms with van der Waals surface area (Å²) in [6.07, 6.45) is 2.18. The average molecular weight is 414 g/mol. The van der Waals surface area contributed by atoms with Crippen LogP contribution in [0.5, 0.6) is 5.75 Å². The van der Waals surface area contributed by atoms with Gasteiger partial charge >= 0.3 is 0 Å². The molecule has 30 heavy (non-hydrogen) atoms. The molecule has 1 aromatic heterocycles. The number of nitrogens with two attached hydrogens (primary N) is 1. The van der Waals surface area contributed by atoms with Crippen LogP contribution in [0.15, 0.2) is 24.3 Å². The highest BCUT2D eigenvalue weighted by atomic mass is 16.5. The van der Waals surface area contributed by atoms with E-state index in [-0.39, 0.29) is 18.8 Å². The van der Waals surface area contributed by atoms with Gasteiger partial charge in [-0.1, -0.05) is 19.1 Å². The van der Waals surface area contributed by atoms with Crippen molar-refractivity contribution in [2.24, 2.45) is 0 Å². The first-order valence-electron chi connectivity index (χ1n) is 10.7. The summed E-state index contributed by atoms with van der Waals surface area (Å²) in [6, 6.07) is 7.59. The molecule has 2 bridgehead atoms. The molecule has 2 aliphatic rings. The van der Waals surface area contributed by atoms with Gasteiger partial charge in [-0.25, -0.2) is 9.97 Å². The maximum Gasteiger partial charge on any atom is 0.164 e. The second kappa shape index (κ2) is 9.16. The quantitative estimate of drug-likeness (QED) is 0.601. The number of nitrogens with one attached hydrogen (secondary N) is 1. The third kappa shape index (κ3) is 4.66. The summed E-state index contributed by atoms with van der Waals surface area (Å²) in [5.74, 6) is 2.61. The number of likely N-dealkylation sites (N-methyl/N-ethyl adjacent to an activating group) is 1. The van der Waals surface area contributed by atoms with E-state index in [4.69, 9.17) is 20.2 Å². The topological polar surface area (TPSA) is 106 Å². The number of aromatic nitrogens is 2. The zero-order valence-electron chi connectivity index (χ0n) is 17.7. The van der Waals surface area contributed by atoms with Crippen molar-refractivity contribution in [3.05, 3.63) is 29.8 Å². The predicted octanol–water partition coefficient (Wildman–Crippen LogP) is 1.75. The van der Waals surface area contributed by atoms with Crippen LogP contribution >= 0.6 is 0 Å². The van der Waals surface area contributed by atoms with Crippen LogP contribution in [0.4, 0.5) is 11.6 Å². The molecule has 3 unspecified atom stereocenters. The lowest BCUT2D eigenvalue weighted by Gasteiger charge is -2.34. The molecule has 2 fully saturated rings. The van der Waals surface area contributed by atoms with Crippen LogP contribution in [0.25, 0.3) is 11.4 Å². The normalized spacial score (nSPS) is 21.6. The van der Waals surface area contributed by atoms with Gasteiger partial charge in [0.15, 0.2) is 5.82 Å². The van der Waals surface area contributed by atoms with Crippen molar-refractivity contribution in [2.45, 2.75) is 45.0 Å². The lowest BCUT2D eigenvalue weighted by atomic mass is 10.1. The van der Waals surface area contributed by atoms with Crippen molar-refractivity contribution in [3.63, 3.8) is 0 Å². The monoisotopic (exact) mass is 413 g/mol. The van der Waals surface area contributed by atoms with E-state index in [1.165, 1.54) is 0 Å². The summed E-state index contributed by atoms with van der Waals surface area (Å²) in [5, 5.41) is 13.1. The van der Waals surface area contributed by atoms with Gasteiger partial charge in [-0.3, -0.25) is 0 Å². The number of hydrogen-bond acceptors (Lipinski definition) is 8. The summed E-state index contributed by atoms with van der Waals surface area (Å²) in [6.45, 7) is 7.16. The number of benzene rings is 1. The summed E-state index contributed by atoms with van der Waals surface area (Å²) in [7, 11) is 0. The Bertz CT molecular complexity index is 866. The molecule has 2 aromatic rings. The van der Waals surface area contributed by atoms with E-state index >= 15 is 0 Å². The number of anilines is 2. The standard InChI is InChI=1S/C22H31N5O3/c1-3-24-10-16(28)13-29-17-6-4-5-15(9-17)21-25-20(23)14(2)22(26-21)27-11-18-7-8-19(12-27)30-18/h4-6,9,16,18-19,24,28H,3,7-8,10-13H2,1-2H3,(H2,23,25,26). The Hall–Kier alpha value is -2.42. The Balaban J connectivity index is 1.53. The highest BCUT2D eigenvalue weighted by Crippen LogP contribution is 2.33. The van der Waals surface area contributed by atoms with Crippen LogP contribution in [0, 0.1) is 6.92 Å². The van der Waals surface area contributed by atoms with Gasteiger partial charge in [0.2, 0.25) is 0 Å². The molecule has 8 nitrogen and oxygen atoms in total. The first kappa shape index (κ1) is 20.8. The molecule has 1 aromatic carbocycles. The molecule has 0 amide bonds. The van der Waals surface area contributed by atoms with Crippen LogP contribution in [0.3, 0.4) is 0 Å². The fourth-order valence-corrected chi connectivity index (χ4v) is 4.03. The number of ether oxygens (including phenoxy) is 2. The Morgan fingerprint density at radius 3 is 2.80 bits per heavy atom. The van der Waals surface area contributed by atoms with Crippen LogP contribution < -0.4 is 20.7 Å². The minimum absolute atomic E-state index is 0.217. The Morgan fingerprint density at radius 1 is 1.30 bits per heavy atom. The highest BCUT2D eigenvalue weighted by Gasteiger charge is 2.35. The van der Waals surface area contributed by atoms with Gasteiger partial charge in [-0.15, -0.1) is 0 Å². The van der Waals surface area contributed by atoms with E-state index in [0.29, 0.717) is 23.9 Å². The van der Waals surface area contributed by atoms with Crippen molar-refractivity contribution in [1.82, 2.24) is 15.3 Å². The van der Waals surface area contributed by atoms with E-state index in [1.54, 1.807) is 0 Å². The first-order valence-corrected chi connectivity index (χ1v) is 10.7. The zero-order chi connectivity index (χ0) is 21.1. The van der Waals surface area contributed by atoms with Gasteiger partial charge in [0.1, 0.15) is 30.1 Å². The molecule has 4 N–H and O–H groups in total. The number of nitrogens with zero attached hydrogens (tertiary/aromatic N) is 3. The largest absolute Gasteiger partial charge is 0.491 e. The van der Waals surface area contributed by atoms with E-state index < -0.39 is 6.10 Å². The minimum atomic E-state index is -0.567. The summed E-state index contributed by atoms with van der Waals surface area (Å²) in [4.78, 5) is 11.7. The number of aliphatic hydroxyl groups excluding tert-OH is 1. The number of rotatable bonds is 8. The number of fused-ring (bicyclic) bond motifs is 2. The molecule has 0 radical (unpaired) electrons. The van der Waals surface area contributed by atoms with E-state index in [1.807, 2.05) is 38.1 Å². The lowest BCUT2D eigenvalue weighted by molar-refractivity contribution is 0.0302. The smallest absolute Gasteiger partial charge is 0.164 e. The molecule has 2 saturated heterocycles. The summed E-state index contributed by atoms with van der Waals surface area (Å²) in [5.41, 5.74) is 7.99. The average Bonchev–Trinajstić information content (AvgIpc) is 3.10. The first-order chi connectivity index (χ1) is 14.5.